The quantitative estimate of drug-likeness (QED) is 0.927. The molecule has 2 fully saturated rings. The Morgan fingerprint density at radius 1 is 1.41 bits per heavy atom. The number of benzene rings is 1. The number of hydrogen-bond acceptors (Lipinski definition) is 2. The van der Waals surface area contributed by atoms with E-state index in [1.165, 1.54) is 18.6 Å². The van der Waals surface area contributed by atoms with Crippen molar-refractivity contribution in [3.05, 3.63) is 35.6 Å². The van der Waals surface area contributed by atoms with Crippen LogP contribution >= 0.6 is 0 Å². The zero-order valence-corrected chi connectivity index (χ0v) is 12.7. The lowest BCUT2D eigenvalue weighted by Crippen LogP contribution is -2.38. The molecule has 5 heteroatoms. The van der Waals surface area contributed by atoms with Gasteiger partial charge in [-0.05, 0) is 36.5 Å². The predicted molar refractivity (Wildman–Crippen MR) is 80.4 cm³/mol. The van der Waals surface area contributed by atoms with E-state index in [0.29, 0.717) is 18.0 Å². The minimum absolute atomic E-state index is 0.0712. The fraction of sp³-hybridized carbons (Fsp3) is 0.529. The predicted octanol–water partition coefficient (Wildman–Crippen LogP) is 2.26. The Morgan fingerprint density at radius 3 is 2.82 bits per heavy atom. The van der Waals surface area contributed by atoms with Crippen LogP contribution in [0.25, 0.3) is 0 Å². The maximum Gasteiger partial charge on any atom is 0.226 e. The Bertz CT molecular complexity index is 586. The molecular weight excluding hydrogens is 283 g/mol. The number of nitrogens with zero attached hydrogens (tertiary/aromatic N) is 1. The van der Waals surface area contributed by atoms with Gasteiger partial charge in [0.2, 0.25) is 11.8 Å². The zero-order chi connectivity index (χ0) is 15.7. The van der Waals surface area contributed by atoms with Crippen molar-refractivity contribution in [2.24, 2.45) is 11.8 Å². The largest absolute Gasteiger partial charge is 0.355 e. The second kappa shape index (κ2) is 6.07. The van der Waals surface area contributed by atoms with Gasteiger partial charge in [-0.3, -0.25) is 9.59 Å². The molecule has 118 valence electrons. The maximum absolute atomic E-state index is 13.5. The van der Waals surface area contributed by atoms with Crippen LogP contribution in [-0.4, -0.2) is 30.3 Å². The third-order valence-corrected chi connectivity index (χ3v) is 4.90. The molecule has 0 bridgehead atoms. The molecule has 4 nitrogen and oxygen atoms in total. The fourth-order valence-electron chi connectivity index (χ4n) is 3.32. The molecule has 0 aromatic heterocycles. The van der Waals surface area contributed by atoms with Gasteiger partial charge >= 0.3 is 0 Å². The number of halogens is 1. The normalized spacial score (nSPS) is 25.2. The molecule has 22 heavy (non-hydrogen) atoms. The van der Waals surface area contributed by atoms with Gasteiger partial charge in [0.25, 0.3) is 0 Å². The van der Waals surface area contributed by atoms with Crippen molar-refractivity contribution in [3.8, 4) is 0 Å². The van der Waals surface area contributed by atoms with Gasteiger partial charge in [0.15, 0.2) is 0 Å². The van der Waals surface area contributed by atoms with Crippen molar-refractivity contribution >= 4 is 11.8 Å². The molecule has 0 radical (unpaired) electrons. The molecule has 3 rings (SSSR count). The molecule has 1 heterocycles. The van der Waals surface area contributed by atoms with Crippen molar-refractivity contribution in [1.29, 1.82) is 0 Å². The fourth-order valence-corrected chi connectivity index (χ4v) is 3.32. The van der Waals surface area contributed by atoms with E-state index in [0.717, 1.165) is 12.8 Å². The first-order valence-corrected chi connectivity index (χ1v) is 7.85. The molecule has 1 aliphatic carbocycles. The molecule has 2 atom stereocenters. The summed E-state index contributed by atoms with van der Waals surface area (Å²) in [6.45, 7) is 0.684. The van der Waals surface area contributed by atoms with E-state index in [2.05, 4.69) is 5.32 Å². The van der Waals surface area contributed by atoms with Gasteiger partial charge in [-0.15, -0.1) is 0 Å². The van der Waals surface area contributed by atoms with Gasteiger partial charge in [0, 0.05) is 20.0 Å². The van der Waals surface area contributed by atoms with Gasteiger partial charge in [0.05, 0.1) is 12.0 Å². The molecule has 1 saturated carbocycles. The van der Waals surface area contributed by atoms with Crippen LogP contribution < -0.4 is 5.32 Å². The lowest BCUT2D eigenvalue weighted by molar-refractivity contribution is -0.128. The molecule has 1 aromatic rings. The van der Waals surface area contributed by atoms with Gasteiger partial charge in [-0.25, -0.2) is 4.39 Å². The Kier molecular flexibility index (Phi) is 4.14. The molecule has 0 spiro atoms. The summed E-state index contributed by atoms with van der Waals surface area (Å²) in [5, 5.41) is 2.97. The third kappa shape index (κ3) is 2.85. The Labute approximate surface area is 129 Å². The lowest BCUT2D eigenvalue weighted by Gasteiger charge is -2.28. The highest BCUT2D eigenvalue weighted by molar-refractivity contribution is 5.90. The van der Waals surface area contributed by atoms with Crippen LogP contribution in [-0.2, 0) is 9.59 Å². The van der Waals surface area contributed by atoms with Crippen LogP contribution in [0.1, 0.15) is 37.3 Å². The molecule has 1 aromatic carbocycles. The highest BCUT2D eigenvalue weighted by Crippen LogP contribution is 2.37. The van der Waals surface area contributed by atoms with Crippen LogP contribution in [0, 0.1) is 17.7 Å². The number of carbonyl (C=O) groups is 2. The molecule has 2 unspecified atom stereocenters. The van der Waals surface area contributed by atoms with Crippen LogP contribution in [0.2, 0.25) is 0 Å². The van der Waals surface area contributed by atoms with Gasteiger partial charge in [0.1, 0.15) is 5.82 Å². The number of nitrogens with one attached hydrogen (secondary N) is 1. The summed E-state index contributed by atoms with van der Waals surface area (Å²) in [6, 6.07) is 5.78. The number of carbonyl (C=O) groups excluding carboxylic acids is 2. The SMILES string of the molecule is CN1C(=O)CC(C(=O)NCC2CCC2)C1c1cccc(F)c1. The lowest BCUT2D eigenvalue weighted by atomic mass is 9.85. The summed E-state index contributed by atoms with van der Waals surface area (Å²) in [5.74, 6) is -0.387. The summed E-state index contributed by atoms with van der Waals surface area (Å²) in [5.41, 5.74) is 0.678. The molecule has 1 N–H and O–H groups in total. The Morgan fingerprint density at radius 2 is 2.18 bits per heavy atom. The van der Waals surface area contributed by atoms with E-state index in [-0.39, 0.29) is 30.1 Å². The first-order valence-electron chi connectivity index (χ1n) is 7.85. The second-order valence-corrected chi connectivity index (χ2v) is 6.36. The topological polar surface area (TPSA) is 49.4 Å². The average molecular weight is 304 g/mol. The minimum Gasteiger partial charge on any atom is -0.355 e. The molecule has 1 aliphatic heterocycles. The van der Waals surface area contributed by atoms with E-state index in [9.17, 15) is 14.0 Å². The van der Waals surface area contributed by atoms with Crippen molar-refractivity contribution in [3.63, 3.8) is 0 Å². The van der Waals surface area contributed by atoms with Crippen LogP contribution in [0.15, 0.2) is 24.3 Å². The molecule has 1 saturated heterocycles. The van der Waals surface area contributed by atoms with E-state index in [1.54, 1.807) is 24.1 Å². The average Bonchev–Trinajstić information content (AvgIpc) is 2.73. The summed E-state index contributed by atoms with van der Waals surface area (Å²) >= 11 is 0. The monoisotopic (exact) mass is 304 g/mol. The van der Waals surface area contributed by atoms with E-state index in [4.69, 9.17) is 0 Å². The van der Waals surface area contributed by atoms with Gasteiger partial charge < -0.3 is 10.2 Å². The van der Waals surface area contributed by atoms with Crippen LogP contribution in [0.5, 0.6) is 0 Å². The van der Waals surface area contributed by atoms with Crippen LogP contribution in [0.3, 0.4) is 0 Å². The molecule has 2 aliphatic rings. The van der Waals surface area contributed by atoms with E-state index < -0.39 is 5.92 Å². The van der Waals surface area contributed by atoms with Crippen LogP contribution in [0.4, 0.5) is 4.39 Å². The molecular formula is C17H21FN2O2. The number of likely N-dealkylation sites (tertiary alicyclic amines) is 1. The van der Waals surface area contributed by atoms with Crippen molar-refractivity contribution in [2.45, 2.75) is 31.7 Å². The zero-order valence-electron chi connectivity index (χ0n) is 12.7. The van der Waals surface area contributed by atoms with E-state index in [1.807, 2.05) is 0 Å². The maximum atomic E-state index is 13.5. The highest BCUT2D eigenvalue weighted by Gasteiger charge is 2.42. The Hall–Kier alpha value is -1.91. The summed E-state index contributed by atoms with van der Waals surface area (Å²) in [7, 11) is 1.68. The minimum atomic E-state index is -0.445. The Balaban J connectivity index is 1.75. The molecule has 2 amide bonds. The van der Waals surface area contributed by atoms with Gasteiger partial charge in [-0.1, -0.05) is 18.6 Å². The van der Waals surface area contributed by atoms with Gasteiger partial charge in [-0.2, -0.15) is 0 Å². The first kappa shape index (κ1) is 15.0. The standard InChI is InChI=1S/C17H21FN2O2/c1-20-15(21)9-14(17(22)19-10-11-4-2-5-11)16(20)12-6-3-7-13(18)8-12/h3,6-8,11,14,16H,2,4-5,9-10H2,1H3,(H,19,22). The van der Waals surface area contributed by atoms with E-state index >= 15 is 0 Å². The second-order valence-electron chi connectivity index (χ2n) is 6.36. The summed E-state index contributed by atoms with van der Waals surface area (Å²) in [4.78, 5) is 26.0. The smallest absolute Gasteiger partial charge is 0.226 e. The third-order valence-electron chi connectivity index (χ3n) is 4.90. The van der Waals surface area contributed by atoms with Crippen molar-refractivity contribution < 1.29 is 14.0 Å². The highest BCUT2D eigenvalue weighted by atomic mass is 19.1. The van der Waals surface area contributed by atoms with Crippen molar-refractivity contribution in [2.75, 3.05) is 13.6 Å². The summed E-state index contributed by atoms with van der Waals surface area (Å²) < 4.78 is 13.5. The van der Waals surface area contributed by atoms with Crippen molar-refractivity contribution in [1.82, 2.24) is 10.2 Å². The number of hydrogen-bond donors (Lipinski definition) is 1. The summed E-state index contributed by atoms with van der Waals surface area (Å²) in [6.07, 6.45) is 3.75. The number of amides is 2. The first-order chi connectivity index (χ1) is 10.6. The number of rotatable bonds is 4.